The van der Waals surface area contributed by atoms with Crippen molar-refractivity contribution in [3.8, 4) is 5.75 Å². The van der Waals surface area contributed by atoms with E-state index in [4.69, 9.17) is 4.74 Å². The van der Waals surface area contributed by atoms with Gasteiger partial charge in [0.2, 0.25) is 0 Å². The van der Waals surface area contributed by atoms with Crippen LogP contribution in [0.5, 0.6) is 5.75 Å². The summed E-state index contributed by atoms with van der Waals surface area (Å²) >= 11 is 0. The SMILES string of the molecule is CCC(Oc1cc(C)cc(C)c1)C(=O)NCc1ccccn1. The Labute approximate surface area is 131 Å². The van der Waals surface area contributed by atoms with Gasteiger partial charge in [0.15, 0.2) is 6.10 Å². The topological polar surface area (TPSA) is 51.2 Å². The Morgan fingerprint density at radius 3 is 2.55 bits per heavy atom. The molecule has 0 aliphatic rings. The average Bonchev–Trinajstić information content (AvgIpc) is 2.50. The summed E-state index contributed by atoms with van der Waals surface area (Å²) in [6.45, 7) is 6.38. The molecule has 0 spiro atoms. The zero-order valence-electron chi connectivity index (χ0n) is 13.3. The van der Waals surface area contributed by atoms with Crippen molar-refractivity contribution < 1.29 is 9.53 Å². The molecular formula is C18H22N2O2. The average molecular weight is 298 g/mol. The summed E-state index contributed by atoms with van der Waals surface area (Å²) in [6.07, 6.45) is 1.83. The maximum Gasteiger partial charge on any atom is 0.261 e. The van der Waals surface area contributed by atoms with E-state index in [2.05, 4.69) is 16.4 Å². The van der Waals surface area contributed by atoms with Crippen LogP contribution in [0.2, 0.25) is 0 Å². The van der Waals surface area contributed by atoms with E-state index < -0.39 is 6.10 Å². The largest absolute Gasteiger partial charge is 0.481 e. The first-order valence-corrected chi connectivity index (χ1v) is 7.51. The zero-order chi connectivity index (χ0) is 15.9. The minimum Gasteiger partial charge on any atom is -0.481 e. The van der Waals surface area contributed by atoms with Crippen molar-refractivity contribution in [1.82, 2.24) is 10.3 Å². The molecule has 0 saturated heterocycles. The van der Waals surface area contributed by atoms with Gasteiger partial charge in [0.1, 0.15) is 5.75 Å². The van der Waals surface area contributed by atoms with Crippen molar-refractivity contribution in [1.29, 1.82) is 0 Å². The molecule has 1 heterocycles. The van der Waals surface area contributed by atoms with Gasteiger partial charge in [0.05, 0.1) is 12.2 Å². The summed E-state index contributed by atoms with van der Waals surface area (Å²) in [5.41, 5.74) is 3.08. The molecule has 2 rings (SSSR count). The predicted octanol–water partition coefficient (Wildman–Crippen LogP) is 3.17. The number of aryl methyl sites for hydroxylation is 2. The van der Waals surface area contributed by atoms with E-state index >= 15 is 0 Å². The summed E-state index contributed by atoms with van der Waals surface area (Å²) in [5.74, 6) is 0.615. The van der Waals surface area contributed by atoms with Gasteiger partial charge in [-0.1, -0.05) is 19.1 Å². The molecule has 0 aliphatic heterocycles. The van der Waals surface area contributed by atoms with Gasteiger partial charge in [-0.2, -0.15) is 0 Å². The Bertz CT molecular complexity index is 606. The van der Waals surface area contributed by atoms with Crippen LogP contribution in [-0.2, 0) is 11.3 Å². The standard InChI is InChI=1S/C18H22N2O2/c1-4-17(22-16-10-13(2)9-14(3)11-16)18(21)20-12-15-7-5-6-8-19-15/h5-11,17H,4,12H2,1-3H3,(H,20,21). The maximum absolute atomic E-state index is 12.3. The van der Waals surface area contributed by atoms with E-state index in [1.165, 1.54) is 0 Å². The number of hydrogen-bond acceptors (Lipinski definition) is 3. The van der Waals surface area contributed by atoms with Crippen LogP contribution in [0.1, 0.15) is 30.2 Å². The fraction of sp³-hybridized carbons (Fsp3) is 0.333. The molecule has 22 heavy (non-hydrogen) atoms. The van der Waals surface area contributed by atoms with Gasteiger partial charge in [-0.25, -0.2) is 0 Å². The molecule has 1 aromatic carbocycles. The molecule has 4 nitrogen and oxygen atoms in total. The smallest absolute Gasteiger partial charge is 0.261 e. The number of nitrogens with one attached hydrogen (secondary N) is 1. The molecule has 0 saturated carbocycles. The third-order valence-corrected chi connectivity index (χ3v) is 3.31. The summed E-state index contributed by atoms with van der Waals surface area (Å²) in [7, 11) is 0. The number of aromatic nitrogens is 1. The fourth-order valence-corrected chi connectivity index (χ4v) is 2.28. The second kappa shape index (κ2) is 7.59. The highest BCUT2D eigenvalue weighted by molar-refractivity contribution is 5.81. The van der Waals surface area contributed by atoms with E-state index in [0.29, 0.717) is 13.0 Å². The molecule has 0 radical (unpaired) electrons. The Kier molecular flexibility index (Phi) is 5.53. The lowest BCUT2D eigenvalue weighted by Crippen LogP contribution is -2.37. The molecule has 1 amide bonds. The van der Waals surface area contributed by atoms with Gasteiger partial charge in [-0.15, -0.1) is 0 Å². The molecular weight excluding hydrogens is 276 g/mol. The zero-order valence-corrected chi connectivity index (χ0v) is 13.3. The van der Waals surface area contributed by atoms with Gasteiger partial charge in [0, 0.05) is 6.20 Å². The van der Waals surface area contributed by atoms with Gasteiger partial charge in [0.25, 0.3) is 5.91 Å². The molecule has 4 heteroatoms. The Morgan fingerprint density at radius 2 is 1.95 bits per heavy atom. The quantitative estimate of drug-likeness (QED) is 0.891. The number of pyridine rings is 1. The number of nitrogens with zero attached hydrogens (tertiary/aromatic N) is 1. The molecule has 2 aromatic rings. The summed E-state index contributed by atoms with van der Waals surface area (Å²) in [6, 6.07) is 11.6. The summed E-state index contributed by atoms with van der Waals surface area (Å²) in [4.78, 5) is 16.4. The van der Waals surface area contributed by atoms with Crippen molar-refractivity contribution >= 4 is 5.91 Å². The molecule has 116 valence electrons. The fourth-order valence-electron chi connectivity index (χ4n) is 2.28. The molecule has 0 bridgehead atoms. The molecule has 1 aromatic heterocycles. The molecule has 1 N–H and O–H groups in total. The third kappa shape index (κ3) is 4.58. The number of carbonyl (C=O) groups excluding carboxylic acids is 1. The number of carbonyl (C=O) groups is 1. The van der Waals surface area contributed by atoms with Crippen LogP contribution in [0.15, 0.2) is 42.6 Å². The van der Waals surface area contributed by atoms with E-state index in [0.717, 1.165) is 22.6 Å². The van der Waals surface area contributed by atoms with Crippen molar-refractivity contribution in [2.45, 2.75) is 39.8 Å². The highest BCUT2D eigenvalue weighted by Crippen LogP contribution is 2.18. The third-order valence-electron chi connectivity index (χ3n) is 3.31. The van der Waals surface area contributed by atoms with Crippen LogP contribution in [0, 0.1) is 13.8 Å². The van der Waals surface area contributed by atoms with Crippen molar-refractivity contribution in [3.05, 3.63) is 59.4 Å². The van der Waals surface area contributed by atoms with Crippen molar-refractivity contribution in [2.75, 3.05) is 0 Å². The van der Waals surface area contributed by atoms with Gasteiger partial charge in [-0.3, -0.25) is 9.78 Å². The maximum atomic E-state index is 12.3. The highest BCUT2D eigenvalue weighted by Gasteiger charge is 2.18. The minimum atomic E-state index is -0.495. The first kappa shape index (κ1) is 16.0. The first-order valence-electron chi connectivity index (χ1n) is 7.51. The Hall–Kier alpha value is -2.36. The lowest BCUT2D eigenvalue weighted by molar-refractivity contribution is -0.128. The van der Waals surface area contributed by atoms with Crippen LogP contribution in [0.3, 0.4) is 0 Å². The van der Waals surface area contributed by atoms with Crippen molar-refractivity contribution in [3.63, 3.8) is 0 Å². The van der Waals surface area contributed by atoms with E-state index in [9.17, 15) is 4.79 Å². The number of hydrogen-bond donors (Lipinski definition) is 1. The van der Waals surface area contributed by atoms with Gasteiger partial charge >= 0.3 is 0 Å². The minimum absolute atomic E-state index is 0.118. The van der Waals surface area contributed by atoms with Crippen molar-refractivity contribution in [2.24, 2.45) is 0 Å². The number of rotatable bonds is 6. The molecule has 1 atom stereocenters. The first-order chi connectivity index (χ1) is 10.6. The lowest BCUT2D eigenvalue weighted by atomic mass is 10.1. The number of ether oxygens (including phenoxy) is 1. The molecule has 1 unspecified atom stereocenters. The van der Waals surface area contributed by atoms with E-state index in [1.54, 1.807) is 6.20 Å². The normalized spacial score (nSPS) is 11.8. The summed E-state index contributed by atoms with van der Waals surface area (Å²) in [5, 5.41) is 2.87. The number of amides is 1. The van der Waals surface area contributed by atoms with Crippen LogP contribution < -0.4 is 10.1 Å². The Morgan fingerprint density at radius 1 is 1.23 bits per heavy atom. The second-order valence-electron chi connectivity index (χ2n) is 5.38. The van der Waals surface area contributed by atoms with Crippen LogP contribution in [0.4, 0.5) is 0 Å². The lowest BCUT2D eigenvalue weighted by Gasteiger charge is -2.18. The molecule has 0 fully saturated rings. The van der Waals surface area contributed by atoms with Crippen LogP contribution in [-0.4, -0.2) is 17.0 Å². The second-order valence-corrected chi connectivity index (χ2v) is 5.38. The number of benzene rings is 1. The summed E-state index contributed by atoms with van der Waals surface area (Å²) < 4.78 is 5.84. The van der Waals surface area contributed by atoms with Crippen LogP contribution in [0.25, 0.3) is 0 Å². The highest BCUT2D eigenvalue weighted by atomic mass is 16.5. The van der Waals surface area contributed by atoms with Gasteiger partial charge in [-0.05, 0) is 55.7 Å². The van der Waals surface area contributed by atoms with E-state index in [-0.39, 0.29) is 5.91 Å². The van der Waals surface area contributed by atoms with Crippen LogP contribution >= 0.6 is 0 Å². The van der Waals surface area contributed by atoms with E-state index in [1.807, 2.05) is 51.1 Å². The van der Waals surface area contributed by atoms with Gasteiger partial charge < -0.3 is 10.1 Å². The Balaban J connectivity index is 1.96. The monoisotopic (exact) mass is 298 g/mol. The predicted molar refractivity (Wildman–Crippen MR) is 86.7 cm³/mol. The molecule has 0 aliphatic carbocycles.